The van der Waals surface area contributed by atoms with Gasteiger partial charge in [-0.2, -0.15) is 0 Å². The molecule has 0 radical (unpaired) electrons. The molecule has 1 aliphatic rings. The van der Waals surface area contributed by atoms with E-state index in [1.54, 1.807) is 0 Å². The molecule has 0 aromatic heterocycles. The van der Waals surface area contributed by atoms with Gasteiger partial charge in [-0.05, 0) is 61.9 Å². The van der Waals surface area contributed by atoms with E-state index < -0.39 is 21.5 Å². The van der Waals surface area contributed by atoms with Gasteiger partial charge in [-0.3, -0.25) is 4.79 Å². The number of nitrogens with one attached hydrogen (secondary N) is 1. The Kier molecular flexibility index (Phi) is 7.09. The van der Waals surface area contributed by atoms with Crippen molar-refractivity contribution in [3.8, 4) is 0 Å². The van der Waals surface area contributed by atoms with Crippen molar-refractivity contribution in [2.75, 3.05) is 34.8 Å². The Morgan fingerprint density at radius 1 is 0.929 bits per heavy atom. The number of carbonyl (C=O) groups excluding carboxylic acids is 1. The minimum absolute atomic E-state index is 0.0171. The van der Waals surface area contributed by atoms with Gasteiger partial charge < -0.3 is 10.2 Å². The van der Waals surface area contributed by atoms with Crippen LogP contribution >= 0.6 is 0 Å². The van der Waals surface area contributed by atoms with E-state index in [1.807, 2.05) is 54.6 Å². The SMILES string of the molecule is O=C(CS(=O)(=O)CCCc1ccccc1)Nc1ccc(N2CCCCC2)cc1. The molecular weight excluding hydrogens is 372 g/mol. The minimum Gasteiger partial charge on any atom is -0.372 e. The van der Waals surface area contributed by atoms with Gasteiger partial charge in [-0.25, -0.2) is 8.42 Å². The molecular formula is C22H28N2O3S. The van der Waals surface area contributed by atoms with E-state index in [4.69, 9.17) is 0 Å². The number of rotatable bonds is 8. The molecule has 0 atom stereocenters. The third kappa shape index (κ3) is 6.37. The molecule has 28 heavy (non-hydrogen) atoms. The van der Waals surface area contributed by atoms with Gasteiger partial charge in [-0.1, -0.05) is 30.3 Å². The van der Waals surface area contributed by atoms with E-state index in [0.29, 0.717) is 18.5 Å². The van der Waals surface area contributed by atoms with Gasteiger partial charge in [0.05, 0.1) is 5.75 Å². The summed E-state index contributed by atoms with van der Waals surface area (Å²) in [6.45, 7) is 2.12. The molecule has 1 N–H and O–H groups in total. The Bertz CT molecular complexity index is 858. The summed E-state index contributed by atoms with van der Waals surface area (Å²) >= 11 is 0. The van der Waals surface area contributed by atoms with Crippen molar-refractivity contribution < 1.29 is 13.2 Å². The Labute approximate surface area is 167 Å². The number of nitrogens with zero attached hydrogens (tertiary/aromatic N) is 1. The number of aryl methyl sites for hydroxylation is 1. The molecule has 3 rings (SSSR count). The summed E-state index contributed by atoms with van der Waals surface area (Å²) in [5.74, 6) is -0.941. The second-order valence-corrected chi connectivity index (χ2v) is 9.51. The van der Waals surface area contributed by atoms with E-state index in [2.05, 4.69) is 10.2 Å². The molecule has 0 aliphatic carbocycles. The summed E-state index contributed by atoms with van der Waals surface area (Å²) in [6, 6.07) is 17.4. The predicted molar refractivity (Wildman–Crippen MR) is 115 cm³/mol. The fraction of sp³-hybridized carbons (Fsp3) is 0.409. The Morgan fingerprint density at radius 2 is 1.61 bits per heavy atom. The lowest BCUT2D eigenvalue weighted by atomic mass is 10.1. The minimum atomic E-state index is -3.42. The number of amides is 1. The third-order valence-electron chi connectivity index (χ3n) is 4.99. The first kappa shape index (κ1) is 20.4. The van der Waals surface area contributed by atoms with Gasteiger partial charge in [0.25, 0.3) is 0 Å². The second kappa shape index (κ2) is 9.73. The fourth-order valence-corrected chi connectivity index (χ4v) is 4.72. The van der Waals surface area contributed by atoms with Crippen LogP contribution in [-0.4, -0.2) is 38.9 Å². The van der Waals surface area contributed by atoms with Gasteiger partial charge in [0.2, 0.25) is 5.91 Å². The highest BCUT2D eigenvalue weighted by molar-refractivity contribution is 7.92. The Balaban J connectivity index is 1.45. The van der Waals surface area contributed by atoms with E-state index in [9.17, 15) is 13.2 Å². The number of piperidine rings is 1. The van der Waals surface area contributed by atoms with Crippen molar-refractivity contribution >= 4 is 27.1 Å². The van der Waals surface area contributed by atoms with Crippen LogP contribution in [0.3, 0.4) is 0 Å². The third-order valence-corrected chi connectivity index (χ3v) is 6.60. The average Bonchev–Trinajstić information content (AvgIpc) is 2.69. The van der Waals surface area contributed by atoms with Crippen LogP contribution in [0.25, 0.3) is 0 Å². The largest absolute Gasteiger partial charge is 0.372 e. The predicted octanol–water partition coefficient (Wildman–Crippen LogP) is 3.66. The van der Waals surface area contributed by atoms with Crippen LogP contribution in [0.15, 0.2) is 54.6 Å². The number of carbonyl (C=O) groups is 1. The van der Waals surface area contributed by atoms with Crippen molar-refractivity contribution in [2.45, 2.75) is 32.1 Å². The molecule has 2 aromatic carbocycles. The van der Waals surface area contributed by atoms with Crippen LogP contribution < -0.4 is 10.2 Å². The summed E-state index contributed by atoms with van der Waals surface area (Å²) in [5.41, 5.74) is 2.88. The van der Waals surface area contributed by atoms with Crippen LogP contribution in [0.4, 0.5) is 11.4 Å². The van der Waals surface area contributed by atoms with Crippen LogP contribution in [0, 0.1) is 0 Å². The molecule has 5 nitrogen and oxygen atoms in total. The summed E-state index contributed by atoms with van der Waals surface area (Å²) < 4.78 is 24.4. The number of hydrogen-bond donors (Lipinski definition) is 1. The van der Waals surface area contributed by atoms with Crippen molar-refractivity contribution in [3.63, 3.8) is 0 Å². The van der Waals surface area contributed by atoms with Crippen LogP contribution in [-0.2, 0) is 21.1 Å². The lowest BCUT2D eigenvalue weighted by Crippen LogP contribution is -2.29. The van der Waals surface area contributed by atoms with Gasteiger partial charge in [0.15, 0.2) is 9.84 Å². The fourth-order valence-electron chi connectivity index (χ4n) is 3.52. The Hall–Kier alpha value is -2.34. The summed E-state index contributed by atoms with van der Waals surface area (Å²) in [4.78, 5) is 14.5. The molecule has 1 amide bonds. The van der Waals surface area contributed by atoms with Crippen LogP contribution in [0.1, 0.15) is 31.2 Å². The van der Waals surface area contributed by atoms with Gasteiger partial charge in [0.1, 0.15) is 5.75 Å². The maximum atomic E-state index is 12.2. The molecule has 0 spiro atoms. The number of sulfone groups is 1. The highest BCUT2D eigenvalue weighted by Crippen LogP contribution is 2.21. The lowest BCUT2D eigenvalue weighted by Gasteiger charge is -2.28. The van der Waals surface area contributed by atoms with Gasteiger partial charge >= 0.3 is 0 Å². The summed E-state index contributed by atoms with van der Waals surface area (Å²) in [7, 11) is -3.42. The standard InChI is InChI=1S/C22H28N2O3S/c25-22(18-28(26,27)17-7-10-19-8-3-1-4-9-19)23-20-11-13-21(14-12-20)24-15-5-2-6-16-24/h1,3-4,8-9,11-14H,2,5-7,10,15-18H2,(H,23,25). The zero-order valence-electron chi connectivity index (χ0n) is 16.1. The van der Waals surface area contributed by atoms with Gasteiger partial charge in [0, 0.05) is 24.5 Å². The van der Waals surface area contributed by atoms with Crippen molar-refractivity contribution in [1.82, 2.24) is 0 Å². The summed E-state index contributed by atoms with van der Waals surface area (Å²) in [5, 5.41) is 2.70. The molecule has 0 saturated carbocycles. The van der Waals surface area contributed by atoms with E-state index in [1.165, 1.54) is 19.3 Å². The molecule has 0 unspecified atom stereocenters. The highest BCUT2D eigenvalue weighted by atomic mass is 32.2. The average molecular weight is 401 g/mol. The second-order valence-electron chi connectivity index (χ2n) is 7.32. The molecule has 1 aliphatic heterocycles. The molecule has 1 heterocycles. The number of hydrogen-bond acceptors (Lipinski definition) is 4. The molecule has 150 valence electrons. The van der Waals surface area contributed by atoms with Crippen molar-refractivity contribution in [3.05, 3.63) is 60.2 Å². The van der Waals surface area contributed by atoms with E-state index >= 15 is 0 Å². The summed E-state index contributed by atoms with van der Waals surface area (Å²) in [6.07, 6.45) is 4.91. The van der Waals surface area contributed by atoms with E-state index in [-0.39, 0.29) is 5.75 Å². The van der Waals surface area contributed by atoms with Gasteiger partial charge in [-0.15, -0.1) is 0 Å². The molecule has 2 aromatic rings. The topological polar surface area (TPSA) is 66.5 Å². The van der Waals surface area contributed by atoms with Crippen LogP contribution in [0.2, 0.25) is 0 Å². The van der Waals surface area contributed by atoms with E-state index in [0.717, 1.165) is 24.3 Å². The maximum absolute atomic E-state index is 12.2. The quantitative estimate of drug-likeness (QED) is 0.734. The zero-order valence-corrected chi connectivity index (χ0v) is 17.0. The number of anilines is 2. The monoisotopic (exact) mass is 400 g/mol. The molecule has 1 saturated heterocycles. The molecule has 0 bridgehead atoms. The van der Waals surface area contributed by atoms with Crippen molar-refractivity contribution in [1.29, 1.82) is 0 Å². The smallest absolute Gasteiger partial charge is 0.239 e. The maximum Gasteiger partial charge on any atom is 0.239 e. The first-order chi connectivity index (χ1) is 13.5. The van der Waals surface area contributed by atoms with Crippen molar-refractivity contribution in [2.24, 2.45) is 0 Å². The first-order valence-corrected chi connectivity index (χ1v) is 11.7. The zero-order chi connectivity index (χ0) is 19.8. The number of benzene rings is 2. The molecule has 1 fully saturated rings. The highest BCUT2D eigenvalue weighted by Gasteiger charge is 2.17. The first-order valence-electron chi connectivity index (χ1n) is 9.91. The Morgan fingerprint density at radius 3 is 2.29 bits per heavy atom. The molecule has 6 heteroatoms. The lowest BCUT2D eigenvalue weighted by molar-refractivity contribution is -0.113. The van der Waals surface area contributed by atoms with Crippen LogP contribution in [0.5, 0.6) is 0 Å². The normalized spacial score (nSPS) is 14.6.